The lowest BCUT2D eigenvalue weighted by atomic mass is 9.97. The second-order valence-electron chi connectivity index (χ2n) is 5.24. The molecule has 4 rings (SSSR count). The van der Waals surface area contributed by atoms with Crippen molar-refractivity contribution in [3.63, 3.8) is 0 Å². The van der Waals surface area contributed by atoms with Crippen LogP contribution in [0.1, 0.15) is 5.56 Å². The molecule has 1 aliphatic heterocycles. The minimum Gasteiger partial charge on any atom is -0.272 e. The van der Waals surface area contributed by atoms with Gasteiger partial charge in [0.1, 0.15) is 0 Å². The Morgan fingerprint density at radius 3 is 2.22 bits per heavy atom. The van der Waals surface area contributed by atoms with Gasteiger partial charge in [-0.1, -0.05) is 72.5 Å². The number of hydrogen-bond acceptors (Lipinski definition) is 4. The van der Waals surface area contributed by atoms with Crippen LogP contribution < -0.4 is 0 Å². The first-order valence-corrected chi connectivity index (χ1v) is 8.57. The Morgan fingerprint density at radius 2 is 1.65 bits per heavy atom. The first kappa shape index (κ1) is 14.4. The molecule has 0 bridgehead atoms. The highest BCUT2D eigenvalue weighted by Crippen LogP contribution is 2.28. The number of hydrazone groups is 1. The summed E-state index contributed by atoms with van der Waals surface area (Å²) >= 11 is 6.53. The van der Waals surface area contributed by atoms with Crippen LogP contribution in [0.4, 0.5) is 0 Å². The number of benzene rings is 3. The van der Waals surface area contributed by atoms with Gasteiger partial charge in [0, 0.05) is 5.56 Å². The molecule has 1 amide bonds. The second kappa shape index (κ2) is 5.76. The van der Waals surface area contributed by atoms with Gasteiger partial charge in [0.25, 0.3) is 5.91 Å². The van der Waals surface area contributed by atoms with E-state index in [-0.39, 0.29) is 5.91 Å². The fourth-order valence-electron chi connectivity index (χ4n) is 2.76. The van der Waals surface area contributed by atoms with Crippen LogP contribution >= 0.6 is 24.0 Å². The van der Waals surface area contributed by atoms with E-state index in [1.165, 1.54) is 16.8 Å². The van der Waals surface area contributed by atoms with Crippen LogP contribution in [0.25, 0.3) is 21.5 Å². The van der Waals surface area contributed by atoms with Crippen LogP contribution in [0.2, 0.25) is 0 Å². The Bertz CT molecular complexity index is 911. The van der Waals surface area contributed by atoms with E-state index < -0.39 is 0 Å². The summed E-state index contributed by atoms with van der Waals surface area (Å²) in [4.78, 5) is 11.8. The van der Waals surface area contributed by atoms with Crippen LogP contribution in [0.15, 0.2) is 59.7 Å². The van der Waals surface area contributed by atoms with Gasteiger partial charge in [0.2, 0.25) is 0 Å². The van der Waals surface area contributed by atoms with Crippen LogP contribution in [0.3, 0.4) is 0 Å². The molecule has 0 aliphatic carbocycles. The predicted molar refractivity (Wildman–Crippen MR) is 101 cm³/mol. The number of carbonyl (C=O) groups excluding carboxylic acids is 1. The number of nitrogens with zero attached hydrogens (tertiary/aromatic N) is 2. The number of thioether (sulfide) groups is 1. The molecule has 0 spiro atoms. The third-order valence-electron chi connectivity index (χ3n) is 3.84. The third-order valence-corrected chi connectivity index (χ3v) is 5.18. The van der Waals surface area contributed by atoms with Gasteiger partial charge in [-0.2, -0.15) is 10.1 Å². The van der Waals surface area contributed by atoms with Crippen molar-refractivity contribution >= 4 is 62.0 Å². The third kappa shape index (κ3) is 2.52. The van der Waals surface area contributed by atoms with E-state index in [4.69, 9.17) is 12.2 Å². The van der Waals surface area contributed by atoms with E-state index >= 15 is 0 Å². The van der Waals surface area contributed by atoms with E-state index in [9.17, 15) is 4.79 Å². The van der Waals surface area contributed by atoms with Crippen LogP contribution in [0, 0.1) is 0 Å². The SMILES string of the molecule is O=C1CSC(=S)N1N=Cc1c2ccccc2cc2ccccc12. The van der Waals surface area contributed by atoms with Crippen molar-refractivity contribution in [3.8, 4) is 0 Å². The molecule has 1 aliphatic rings. The fourth-order valence-corrected chi connectivity index (χ4v) is 3.73. The van der Waals surface area contributed by atoms with Crippen molar-refractivity contribution in [2.24, 2.45) is 5.10 Å². The summed E-state index contributed by atoms with van der Waals surface area (Å²) in [5, 5.41) is 10.2. The number of hydrogen-bond donors (Lipinski definition) is 0. The summed E-state index contributed by atoms with van der Waals surface area (Å²) in [7, 11) is 0. The molecule has 5 heteroatoms. The maximum Gasteiger partial charge on any atom is 0.259 e. The number of fused-ring (bicyclic) bond motifs is 2. The molecule has 0 N–H and O–H groups in total. The largest absolute Gasteiger partial charge is 0.272 e. The second-order valence-corrected chi connectivity index (χ2v) is 6.85. The fraction of sp³-hybridized carbons (Fsp3) is 0.0556. The van der Waals surface area contributed by atoms with Crippen molar-refractivity contribution in [2.45, 2.75) is 0 Å². The van der Waals surface area contributed by atoms with Gasteiger partial charge in [-0.25, -0.2) is 0 Å². The molecule has 0 unspecified atom stereocenters. The molecule has 0 aromatic heterocycles. The molecular formula is C18H12N2OS2. The van der Waals surface area contributed by atoms with Crippen LogP contribution in [0.5, 0.6) is 0 Å². The van der Waals surface area contributed by atoms with Crippen molar-refractivity contribution in [2.75, 3.05) is 5.75 Å². The average molecular weight is 336 g/mol. The van der Waals surface area contributed by atoms with Gasteiger partial charge in [0.15, 0.2) is 4.32 Å². The zero-order valence-electron chi connectivity index (χ0n) is 12.1. The quantitative estimate of drug-likeness (QED) is 0.400. The van der Waals surface area contributed by atoms with Gasteiger partial charge >= 0.3 is 0 Å². The zero-order valence-corrected chi connectivity index (χ0v) is 13.7. The molecule has 1 fully saturated rings. The Morgan fingerprint density at radius 1 is 1.04 bits per heavy atom. The summed E-state index contributed by atoms with van der Waals surface area (Å²) in [5.74, 6) is 0.299. The molecule has 3 nitrogen and oxygen atoms in total. The van der Waals surface area contributed by atoms with Gasteiger partial charge in [-0.3, -0.25) is 4.79 Å². The summed E-state index contributed by atoms with van der Waals surface area (Å²) in [5.41, 5.74) is 1.01. The maximum absolute atomic E-state index is 11.8. The highest BCUT2D eigenvalue weighted by atomic mass is 32.2. The molecule has 0 saturated carbocycles. The monoisotopic (exact) mass is 336 g/mol. The van der Waals surface area contributed by atoms with Gasteiger partial charge in [0.05, 0.1) is 12.0 Å². The van der Waals surface area contributed by atoms with Crippen molar-refractivity contribution in [3.05, 3.63) is 60.2 Å². The Hall–Kier alpha value is -2.24. The summed E-state index contributed by atoms with van der Waals surface area (Å²) in [6.07, 6.45) is 1.75. The Kier molecular flexibility index (Phi) is 3.59. The van der Waals surface area contributed by atoms with Crippen molar-refractivity contribution in [1.82, 2.24) is 5.01 Å². The summed E-state index contributed by atoms with van der Waals surface area (Å²) in [6, 6.07) is 18.5. The van der Waals surface area contributed by atoms with Gasteiger partial charge in [-0.05, 0) is 27.6 Å². The highest BCUT2D eigenvalue weighted by molar-refractivity contribution is 8.23. The highest BCUT2D eigenvalue weighted by Gasteiger charge is 2.26. The summed E-state index contributed by atoms with van der Waals surface area (Å²) in [6.45, 7) is 0. The van der Waals surface area contributed by atoms with Crippen molar-refractivity contribution in [1.29, 1.82) is 0 Å². The van der Waals surface area contributed by atoms with E-state index in [1.807, 2.05) is 24.3 Å². The molecule has 3 aromatic carbocycles. The van der Waals surface area contributed by atoms with E-state index in [1.54, 1.807) is 6.21 Å². The molecular weight excluding hydrogens is 324 g/mol. The molecule has 112 valence electrons. The lowest BCUT2D eigenvalue weighted by Crippen LogP contribution is -2.22. The zero-order chi connectivity index (χ0) is 15.8. The predicted octanol–water partition coefficient (Wildman–Crippen LogP) is 4.19. The van der Waals surface area contributed by atoms with Crippen LogP contribution in [-0.4, -0.2) is 27.2 Å². The van der Waals surface area contributed by atoms with E-state index in [0.29, 0.717) is 10.1 Å². The Labute approximate surface area is 143 Å². The first-order valence-electron chi connectivity index (χ1n) is 7.18. The van der Waals surface area contributed by atoms with E-state index in [0.717, 1.165) is 27.1 Å². The molecule has 0 atom stereocenters. The normalized spacial score (nSPS) is 15.4. The average Bonchev–Trinajstić information content (AvgIpc) is 2.90. The van der Waals surface area contributed by atoms with Crippen LogP contribution in [-0.2, 0) is 4.79 Å². The first-order chi connectivity index (χ1) is 11.2. The molecule has 1 heterocycles. The molecule has 3 aromatic rings. The minimum atomic E-state index is -0.0687. The number of rotatable bonds is 2. The lowest BCUT2D eigenvalue weighted by Gasteiger charge is -2.10. The topological polar surface area (TPSA) is 32.7 Å². The lowest BCUT2D eigenvalue weighted by molar-refractivity contribution is -0.123. The number of thiocarbonyl (C=S) groups is 1. The number of carbonyl (C=O) groups is 1. The standard InChI is InChI=1S/C18H12N2OS2/c21-17-11-23-18(22)20(17)19-10-16-14-7-3-1-5-12(14)9-13-6-2-4-8-15(13)16/h1-10H,11H2. The summed E-state index contributed by atoms with van der Waals surface area (Å²) < 4.78 is 0.510. The maximum atomic E-state index is 11.8. The molecule has 0 radical (unpaired) electrons. The Balaban J connectivity index is 1.93. The minimum absolute atomic E-state index is 0.0687. The smallest absolute Gasteiger partial charge is 0.259 e. The van der Waals surface area contributed by atoms with Crippen molar-refractivity contribution < 1.29 is 4.79 Å². The van der Waals surface area contributed by atoms with E-state index in [2.05, 4.69) is 35.4 Å². The number of amides is 1. The van der Waals surface area contributed by atoms with Gasteiger partial charge in [-0.15, -0.1) is 0 Å². The molecule has 23 heavy (non-hydrogen) atoms. The molecule has 1 saturated heterocycles. The van der Waals surface area contributed by atoms with Gasteiger partial charge < -0.3 is 0 Å².